The van der Waals surface area contributed by atoms with Crippen molar-refractivity contribution in [2.45, 2.75) is 58.5 Å². The number of ether oxygens (including phenoxy) is 1. The van der Waals surface area contributed by atoms with Gasteiger partial charge in [-0.15, -0.1) is 0 Å². The minimum absolute atomic E-state index is 0.0523. The molecule has 1 N–H and O–H groups in total. The number of hydrogen-bond acceptors (Lipinski definition) is 3. The minimum Gasteiger partial charge on any atom is -0.464 e. The Morgan fingerprint density at radius 2 is 2.06 bits per heavy atom. The van der Waals surface area contributed by atoms with Crippen molar-refractivity contribution in [1.82, 2.24) is 0 Å². The number of carbonyl (C=O) groups excluding carboxylic acids is 1. The summed E-state index contributed by atoms with van der Waals surface area (Å²) in [4.78, 5) is 11.7. The van der Waals surface area contributed by atoms with Crippen LogP contribution < -0.4 is 0 Å². The highest BCUT2D eigenvalue weighted by molar-refractivity contribution is 5.79. The third-order valence-corrected chi connectivity index (χ3v) is 3.74. The number of rotatable bonds is 3. The Kier molecular flexibility index (Phi) is 4.78. The lowest BCUT2D eigenvalue weighted by Gasteiger charge is -2.29. The van der Waals surface area contributed by atoms with Crippen molar-refractivity contribution in [3.05, 3.63) is 0 Å². The van der Waals surface area contributed by atoms with Crippen molar-refractivity contribution in [2.24, 2.45) is 11.8 Å². The first-order chi connectivity index (χ1) is 7.48. The molecular weight excluding hydrogens is 204 g/mol. The molecule has 1 aliphatic carbocycles. The van der Waals surface area contributed by atoms with E-state index < -0.39 is 11.6 Å². The summed E-state index contributed by atoms with van der Waals surface area (Å²) >= 11 is 0. The molecule has 94 valence electrons. The van der Waals surface area contributed by atoms with Crippen LogP contribution in [0.25, 0.3) is 0 Å². The van der Waals surface area contributed by atoms with Gasteiger partial charge in [-0.2, -0.15) is 0 Å². The van der Waals surface area contributed by atoms with Crippen molar-refractivity contribution in [2.75, 3.05) is 6.61 Å². The molecule has 0 aromatic carbocycles. The normalized spacial score (nSPS) is 30.2. The third-order valence-electron chi connectivity index (χ3n) is 3.74. The third kappa shape index (κ3) is 3.21. The van der Waals surface area contributed by atoms with Crippen LogP contribution >= 0.6 is 0 Å². The molecule has 0 radical (unpaired) electrons. The van der Waals surface area contributed by atoms with Crippen LogP contribution in [0, 0.1) is 11.8 Å². The zero-order valence-electron chi connectivity index (χ0n) is 10.7. The molecule has 3 atom stereocenters. The van der Waals surface area contributed by atoms with E-state index in [-0.39, 0.29) is 5.92 Å². The van der Waals surface area contributed by atoms with Crippen LogP contribution in [-0.2, 0) is 9.53 Å². The summed E-state index contributed by atoms with van der Waals surface area (Å²) in [6.45, 7) is 5.94. The molecule has 0 aromatic rings. The molecule has 1 fully saturated rings. The highest BCUT2D eigenvalue weighted by Crippen LogP contribution is 2.34. The molecule has 0 heterocycles. The van der Waals surface area contributed by atoms with Gasteiger partial charge >= 0.3 is 5.97 Å². The summed E-state index contributed by atoms with van der Waals surface area (Å²) in [6, 6.07) is 0. The minimum atomic E-state index is -1.31. The van der Waals surface area contributed by atoms with Gasteiger partial charge < -0.3 is 9.84 Å². The molecule has 3 heteroatoms. The fourth-order valence-corrected chi connectivity index (χ4v) is 2.49. The summed E-state index contributed by atoms with van der Waals surface area (Å²) in [7, 11) is 0. The van der Waals surface area contributed by atoms with Gasteiger partial charge in [0.1, 0.15) is 0 Å². The first-order valence-electron chi connectivity index (χ1n) is 6.38. The molecule has 16 heavy (non-hydrogen) atoms. The number of aliphatic hydroxyl groups is 1. The van der Waals surface area contributed by atoms with Gasteiger partial charge in [-0.3, -0.25) is 0 Å². The maximum Gasteiger partial charge on any atom is 0.338 e. The standard InChI is InChI=1S/C13H24O3/c1-4-16-12(14)13(3,15)11-7-5-6-10(2)8-9-11/h10-11,15H,4-9H2,1-3H3. The van der Waals surface area contributed by atoms with Crippen LogP contribution in [0.1, 0.15) is 52.9 Å². The van der Waals surface area contributed by atoms with E-state index in [2.05, 4.69) is 6.92 Å². The van der Waals surface area contributed by atoms with Crippen LogP contribution in [0.3, 0.4) is 0 Å². The van der Waals surface area contributed by atoms with Crippen LogP contribution in [0.15, 0.2) is 0 Å². The van der Waals surface area contributed by atoms with Crippen molar-refractivity contribution < 1.29 is 14.6 Å². The zero-order chi connectivity index (χ0) is 12.2. The van der Waals surface area contributed by atoms with Crippen LogP contribution in [0.4, 0.5) is 0 Å². The SMILES string of the molecule is CCOC(=O)C(C)(O)C1CCCC(C)CC1. The molecule has 0 bridgehead atoms. The van der Waals surface area contributed by atoms with Crippen LogP contribution in [0.2, 0.25) is 0 Å². The number of esters is 1. The number of carbonyl (C=O) groups is 1. The highest BCUT2D eigenvalue weighted by Gasteiger charge is 2.40. The van der Waals surface area contributed by atoms with Crippen molar-refractivity contribution in [3.8, 4) is 0 Å². The van der Waals surface area contributed by atoms with E-state index >= 15 is 0 Å². The van der Waals surface area contributed by atoms with E-state index in [0.717, 1.165) is 25.7 Å². The first kappa shape index (κ1) is 13.5. The summed E-state index contributed by atoms with van der Waals surface area (Å²) < 4.78 is 4.94. The molecule has 1 aliphatic rings. The number of hydrogen-bond donors (Lipinski definition) is 1. The second kappa shape index (κ2) is 5.67. The van der Waals surface area contributed by atoms with Crippen molar-refractivity contribution in [1.29, 1.82) is 0 Å². The van der Waals surface area contributed by atoms with Crippen LogP contribution in [-0.4, -0.2) is 23.3 Å². The lowest BCUT2D eigenvalue weighted by molar-refractivity contribution is -0.169. The van der Waals surface area contributed by atoms with Crippen LogP contribution in [0.5, 0.6) is 0 Å². The molecule has 1 rings (SSSR count). The van der Waals surface area contributed by atoms with Gasteiger partial charge in [0.15, 0.2) is 5.60 Å². The Morgan fingerprint density at radius 1 is 1.38 bits per heavy atom. The quantitative estimate of drug-likeness (QED) is 0.596. The Bertz CT molecular complexity index is 235. The first-order valence-corrected chi connectivity index (χ1v) is 6.38. The van der Waals surface area contributed by atoms with Gasteiger partial charge in [0.25, 0.3) is 0 Å². The lowest BCUT2D eigenvalue weighted by Crippen LogP contribution is -2.44. The van der Waals surface area contributed by atoms with E-state index in [1.807, 2.05) is 0 Å². The molecule has 0 aliphatic heterocycles. The molecule has 0 amide bonds. The molecule has 0 saturated heterocycles. The van der Waals surface area contributed by atoms with Gasteiger partial charge in [-0.05, 0) is 38.5 Å². The van der Waals surface area contributed by atoms with Crippen molar-refractivity contribution >= 4 is 5.97 Å². The lowest BCUT2D eigenvalue weighted by atomic mass is 9.83. The predicted molar refractivity (Wildman–Crippen MR) is 63.0 cm³/mol. The molecule has 3 nitrogen and oxygen atoms in total. The van der Waals surface area contributed by atoms with E-state index in [4.69, 9.17) is 4.74 Å². The Morgan fingerprint density at radius 3 is 2.69 bits per heavy atom. The summed E-state index contributed by atoms with van der Waals surface area (Å²) in [5.74, 6) is 0.300. The van der Waals surface area contributed by atoms with Gasteiger partial charge in [-0.1, -0.05) is 26.2 Å². The molecule has 3 unspecified atom stereocenters. The van der Waals surface area contributed by atoms with Gasteiger partial charge in [0.05, 0.1) is 6.61 Å². The zero-order valence-corrected chi connectivity index (χ0v) is 10.7. The molecule has 1 saturated carbocycles. The summed E-state index contributed by atoms with van der Waals surface area (Å²) in [5.41, 5.74) is -1.31. The van der Waals surface area contributed by atoms with E-state index in [9.17, 15) is 9.90 Å². The summed E-state index contributed by atoms with van der Waals surface area (Å²) in [5, 5.41) is 10.3. The molecule has 0 spiro atoms. The second-order valence-electron chi connectivity index (χ2n) is 5.18. The second-order valence-corrected chi connectivity index (χ2v) is 5.18. The maximum atomic E-state index is 11.7. The van der Waals surface area contributed by atoms with E-state index in [0.29, 0.717) is 12.5 Å². The Hall–Kier alpha value is -0.570. The van der Waals surface area contributed by atoms with Gasteiger partial charge in [0, 0.05) is 0 Å². The summed E-state index contributed by atoms with van der Waals surface area (Å²) in [6.07, 6.45) is 5.25. The smallest absolute Gasteiger partial charge is 0.338 e. The fourth-order valence-electron chi connectivity index (χ4n) is 2.49. The largest absolute Gasteiger partial charge is 0.464 e. The maximum absolute atomic E-state index is 11.7. The highest BCUT2D eigenvalue weighted by atomic mass is 16.5. The Balaban J connectivity index is 2.63. The molecule has 0 aromatic heterocycles. The van der Waals surface area contributed by atoms with E-state index in [1.54, 1.807) is 13.8 Å². The average molecular weight is 228 g/mol. The fraction of sp³-hybridized carbons (Fsp3) is 0.923. The van der Waals surface area contributed by atoms with Crippen molar-refractivity contribution in [3.63, 3.8) is 0 Å². The van der Waals surface area contributed by atoms with E-state index in [1.165, 1.54) is 6.42 Å². The van der Waals surface area contributed by atoms with Gasteiger partial charge in [0.2, 0.25) is 0 Å². The average Bonchev–Trinajstić information content (AvgIpc) is 2.43. The topological polar surface area (TPSA) is 46.5 Å². The van der Waals surface area contributed by atoms with Gasteiger partial charge in [-0.25, -0.2) is 4.79 Å². The monoisotopic (exact) mass is 228 g/mol. The Labute approximate surface area is 98.2 Å². The molecular formula is C13H24O3. The predicted octanol–water partition coefficient (Wildman–Crippen LogP) is 2.52.